The number of halogens is 2. The Morgan fingerprint density at radius 2 is 2.06 bits per heavy atom. The number of hydrogen-bond donors (Lipinski definition) is 1. The van der Waals surface area contributed by atoms with Crippen molar-refractivity contribution in [2.75, 3.05) is 19.7 Å². The van der Waals surface area contributed by atoms with Crippen LogP contribution in [0.4, 0.5) is 0 Å². The second-order valence-electron chi connectivity index (χ2n) is 7.93. The second kappa shape index (κ2) is 11.5. The molecule has 8 nitrogen and oxygen atoms in total. The van der Waals surface area contributed by atoms with E-state index >= 15 is 0 Å². The summed E-state index contributed by atoms with van der Waals surface area (Å²) < 4.78 is 11.1. The standard InChI is InChI=1S/C24H24Cl2N4O4/c25-16-6-7-19(20(26)12-16)22-13-21(29-34-22)24(32)30(15-18-5-3-11-33-18)10-8-23(31)28-14-17-4-1-2-9-27-17/h1-2,4,6-7,9,12-13,18H,3,5,8,10-11,14-15H2,(H,28,31)/t18-/m0/s1. The molecule has 1 aromatic carbocycles. The number of carbonyl (C=O) groups excluding carboxylic acids is 2. The lowest BCUT2D eigenvalue weighted by Crippen LogP contribution is -2.40. The van der Waals surface area contributed by atoms with Gasteiger partial charge in [-0.25, -0.2) is 0 Å². The number of rotatable bonds is 9. The summed E-state index contributed by atoms with van der Waals surface area (Å²) in [5, 5.41) is 7.67. The molecule has 0 saturated carbocycles. The predicted octanol–water partition coefficient (Wildman–Crippen LogP) is 4.37. The fourth-order valence-electron chi connectivity index (χ4n) is 3.68. The van der Waals surface area contributed by atoms with Crippen LogP contribution < -0.4 is 5.32 Å². The van der Waals surface area contributed by atoms with Crippen LogP contribution in [0.1, 0.15) is 35.4 Å². The van der Waals surface area contributed by atoms with Gasteiger partial charge in [0.05, 0.1) is 23.4 Å². The van der Waals surface area contributed by atoms with Gasteiger partial charge >= 0.3 is 0 Å². The third-order valence-electron chi connectivity index (χ3n) is 5.46. The third-order valence-corrected chi connectivity index (χ3v) is 6.01. The molecule has 10 heteroatoms. The predicted molar refractivity (Wildman–Crippen MR) is 128 cm³/mol. The van der Waals surface area contributed by atoms with Crippen LogP contribution in [0.3, 0.4) is 0 Å². The summed E-state index contributed by atoms with van der Waals surface area (Å²) in [6, 6.07) is 12.0. The normalized spacial score (nSPS) is 15.3. The van der Waals surface area contributed by atoms with Gasteiger partial charge in [0, 0.05) is 49.0 Å². The van der Waals surface area contributed by atoms with Gasteiger partial charge in [-0.05, 0) is 43.2 Å². The number of aromatic nitrogens is 2. The lowest BCUT2D eigenvalue weighted by atomic mass is 10.1. The van der Waals surface area contributed by atoms with Crippen molar-refractivity contribution in [2.45, 2.75) is 31.9 Å². The first-order valence-electron chi connectivity index (χ1n) is 11.0. The molecule has 1 aliphatic rings. The smallest absolute Gasteiger partial charge is 0.276 e. The first-order valence-corrected chi connectivity index (χ1v) is 11.7. The molecule has 1 N–H and O–H groups in total. The van der Waals surface area contributed by atoms with Gasteiger partial charge in [0.2, 0.25) is 5.91 Å². The topological polar surface area (TPSA) is 97.6 Å². The maximum atomic E-state index is 13.3. The van der Waals surface area contributed by atoms with Gasteiger partial charge in [-0.15, -0.1) is 0 Å². The zero-order chi connectivity index (χ0) is 23.9. The Morgan fingerprint density at radius 3 is 2.79 bits per heavy atom. The van der Waals surface area contributed by atoms with Crippen molar-refractivity contribution in [1.29, 1.82) is 0 Å². The summed E-state index contributed by atoms with van der Waals surface area (Å²) in [4.78, 5) is 31.4. The molecule has 3 aromatic rings. The van der Waals surface area contributed by atoms with Crippen molar-refractivity contribution < 1.29 is 18.8 Å². The molecule has 0 aliphatic carbocycles. The minimum Gasteiger partial charge on any atom is -0.376 e. The number of nitrogens with zero attached hydrogens (tertiary/aromatic N) is 3. The number of carbonyl (C=O) groups is 2. The first kappa shape index (κ1) is 24.2. The van der Waals surface area contributed by atoms with Crippen LogP contribution in [0.5, 0.6) is 0 Å². The average Bonchev–Trinajstić information content (AvgIpc) is 3.53. The molecule has 0 spiro atoms. The van der Waals surface area contributed by atoms with Gasteiger partial charge in [0.15, 0.2) is 11.5 Å². The number of ether oxygens (including phenoxy) is 1. The van der Waals surface area contributed by atoms with Crippen LogP contribution in [-0.4, -0.2) is 52.7 Å². The molecule has 4 rings (SSSR count). The Bertz CT molecular complexity index is 1130. The molecule has 34 heavy (non-hydrogen) atoms. The number of amides is 2. The zero-order valence-electron chi connectivity index (χ0n) is 18.4. The van der Waals surface area contributed by atoms with E-state index in [-0.39, 0.29) is 36.6 Å². The minimum atomic E-state index is -0.340. The highest BCUT2D eigenvalue weighted by Gasteiger charge is 2.26. The summed E-state index contributed by atoms with van der Waals surface area (Å²) in [6.07, 6.45) is 3.55. The van der Waals surface area contributed by atoms with E-state index in [1.807, 2.05) is 18.2 Å². The van der Waals surface area contributed by atoms with Crippen molar-refractivity contribution in [3.63, 3.8) is 0 Å². The van der Waals surface area contributed by atoms with Gasteiger partial charge in [-0.2, -0.15) is 0 Å². The van der Waals surface area contributed by atoms with E-state index in [0.717, 1.165) is 18.5 Å². The summed E-state index contributed by atoms with van der Waals surface area (Å²) in [5.41, 5.74) is 1.48. The molecular weight excluding hydrogens is 479 g/mol. The Morgan fingerprint density at radius 1 is 1.18 bits per heavy atom. The van der Waals surface area contributed by atoms with Crippen LogP contribution in [0.2, 0.25) is 10.0 Å². The van der Waals surface area contributed by atoms with Gasteiger partial charge in [-0.3, -0.25) is 14.6 Å². The zero-order valence-corrected chi connectivity index (χ0v) is 19.9. The summed E-state index contributed by atoms with van der Waals surface area (Å²) in [5.74, 6) is -0.159. The molecule has 1 fully saturated rings. The molecular formula is C24H24Cl2N4O4. The van der Waals surface area contributed by atoms with Gasteiger partial charge in [0.25, 0.3) is 5.91 Å². The molecule has 1 saturated heterocycles. The van der Waals surface area contributed by atoms with Crippen molar-refractivity contribution in [3.8, 4) is 11.3 Å². The Kier molecular flexibility index (Phi) is 8.16. The molecule has 1 aliphatic heterocycles. The maximum absolute atomic E-state index is 13.3. The van der Waals surface area contributed by atoms with E-state index in [1.54, 1.807) is 35.4 Å². The molecule has 0 radical (unpaired) electrons. The number of benzene rings is 1. The quantitative estimate of drug-likeness (QED) is 0.466. The maximum Gasteiger partial charge on any atom is 0.276 e. The highest BCUT2D eigenvalue weighted by atomic mass is 35.5. The second-order valence-corrected chi connectivity index (χ2v) is 8.78. The average molecular weight is 503 g/mol. The molecule has 1 atom stereocenters. The molecule has 178 valence electrons. The first-order chi connectivity index (χ1) is 16.5. The fourth-order valence-corrected chi connectivity index (χ4v) is 4.18. The number of pyridine rings is 1. The highest BCUT2D eigenvalue weighted by molar-refractivity contribution is 6.36. The fraction of sp³-hybridized carbons (Fsp3) is 0.333. The van der Waals surface area contributed by atoms with E-state index in [4.69, 9.17) is 32.5 Å². The Hall–Kier alpha value is -2.94. The van der Waals surface area contributed by atoms with E-state index in [0.29, 0.717) is 41.1 Å². The Labute approximate surface area is 207 Å². The van der Waals surface area contributed by atoms with Crippen molar-refractivity contribution >= 4 is 35.0 Å². The summed E-state index contributed by atoms with van der Waals surface area (Å²) >= 11 is 12.2. The lowest BCUT2D eigenvalue weighted by Gasteiger charge is -2.24. The van der Waals surface area contributed by atoms with Gasteiger partial charge < -0.3 is 19.5 Å². The molecule has 2 amide bonds. The van der Waals surface area contributed by atoms with Crippen LogP contribution in [0.15, 0.2) is 53.2 Å². The Balaban J connectivity index is 1.42. The van der Waals surface area contributed by atoms with Crippen LogP contribution >= 0.6 is 23.2 Å². The number of nitrogens with one attached hydrogen (secondary N) is 1. The van der Waals surface area contributed by atoms with Crippen molar-refractivity contribution in [1.82, 2.24) is 20.4 Å². The van der Waals surface area contributed by atoms with Crippen LogP contribution in [-0.2, 0) is 16.1 Å². The summed E-state index contributed by atoms with van der Waals surface area (Å²) in [6.45, 7) is 1.58. The molecule has 0 unspecified atom stereocenters. The monoisotopic (exact) mass is 502 g/mol. The SMILES string of the molecule is O=C(CCN(C[C@@H]1CCCO1)C(=O)c1cc(-c2ccc(Cl)cc2Cl)on1)NCc1ccccn1. The molecule has 2 aromatic heterocycles. The molecule has 3 heterocycles. The minimum absolute atomic E-state index is 0.0717. The van der Waals surface area contributed by atoms with Crippen molar-refractivity contribution in [2.24, 2.45) is 0 Å². The van der Waals surface area contributed by atoms with Crippen LogP contribution in [0, 0.1) is 0 Å². The van der Waals surface area contributed by atoms with E-state index in [2.05, 4.69) is 15.5 Å². The van der Waals surface area contributed by atoms with E-state index in [1.165, 1.54) is 0 Å². The van der Waals surface area contributed by atoms with Crippen LogP contribution in [0.25, 0.3) is 11.3 Å². The van der Waals surface area contributed by atoms with Gasteiger partial charge in [0.1, 0.15) is 0 Å². The van der Waals surface area contributed by atoms with Gasteiger partial charge in [-0.1, -0.05) is 34.4 Å². The lowest BCUT2D eigenvalue weighted by molar-refractivity contribution is -0.121. The summed E-state index contributed by atoms with van der Waals surface area (Å²) in [7, 11) is 0. The van der Waals surface area contributed by atoms with Crippen molar-refractivity contribution in [3.05, 3.63) is 70.1 Å². The third kappa shape index (κ3) is 6.34. The van der Waals surface area contributed by atoms with E-state index in [9.17, 15) is 9.59 Å². The highest BCUT2D eigenvalue weighted by Crippen LogP contribution is 2.31. The van der Waals surface area contributed by atoms with E-state index < -0.39 is 0 Å². The number of hydrogen-bond acceptors (Lipinski definition) is 6. The largest absolute Gasteiger partial charge is 0.376 e. The molecule has 0 bridgehead atoms.